The maximum absolute atomic E-state index is 10.6. The molecule has 0 heterocycles. The third-order valence-electron chi connectivity index (χ3n) is 1.70. The molecule has 0 bridgehead atoms. The number of carbonyl (C=O) groups is 1. The van der Waals surface area contributed by atoms with E-state index in [9.17, 15) is 4.79 Å². The molecular weight excluding hydrogens is 176 g/mol. The Hall–Kier alpha value is -1.83. The number of rotatable bonds is 3. The minimum atomic E-state index is -0.331. The van der Waals surface area contributed by atoms with Gasteiger partial charge in [-0.25, -0.2) is 0 Å². The third kappa shape index (κ3) is 3.27. The van der Waals surface area contributed by atoms with Crippen LogP contribution in [0.25, 0.3) is 6.08 Å². The van der Waals surface area contributed by atoms with Gasteiger partial charge in [-0.05, 0) is 11.6 Å². The van der Waals surface area contributed by atoms with Crippen LogP contribution in [-0.4, -0.2) is 10.9 Å². The van der Waals surface area contributed by atoms with E-state index in [0.29, 0.717) is 0 Å². The summed E-state index contributed by atoms with van der Waals surface area (Å²) in [6, 6.07) is 9.66. The Morgan fingerprint density at radius 1 is 1.29 bits per heavy atom. The molecule has 0 spiro atoms. The topological polar surface area (TPSA) is 37.3 Å². The van der Waals surface area contributed by atoms with Crippen LogP contribution in [0.3, 0.4) is 0 Å². The number of hydrogen-bond donors (Lipinski definition) is 1. The maximum Gasteiger partial charge on any atom is 0.194 e. The zero-order chi connectivity index (χ0) is 10.4. The quantitative estimate of drug-likeness (QED) is 0.450. The molecule has 1 aromatic carbocycles. The summed E-state index contributed by atoms with van der Waals surface area (Å²) in [5.74, 6) is -0.556. The molecule has 0 saturated heterocycles. The number of aliphatic hydroxyl groups excluding tert-OH is 1. The number of allylic oxidation sites excluding steroid dienone is 3. The van der Waals surface area contributed by atoms with Gasteiger partial charge in [-0.3, -0.25) is 4.79 Å². The number of ketones is 1. The fraction of sp³-hybridized carbons (Fsp3) is 0.0833. The van der Waals surface area contributed by atoms with Crippen molar-refractivity contribution in [3.63, 3.8) is 0 Å². The second kappa shape index (κ2) is 5.02. The summed E-state index contributed by atoms with van der Waals surface area (Å²) >= 11 is 0. The summed E-state index contributed by atoms with van der Waals surface area (Å²) < 4.78 is 0. The van der Waals surface area contributed by atoms with Crippen molar-refractivity contribution in [2.75, 3.05) is 0 Å². The van der Waals surface area contributed by atoms with Crippen LogP contribution in [0.1, 0.15) is 12.5 Å². The molecule has 0 amide bonds. The molecule has 0 aromatic heterocycles. The molecule has 0 atom stereocenters. The van der Waals surface area contributed by atoms with Gasteiger partial charge in [-0.1, -0.05) is 42.5 Å². The summed E-state index contributed by atoms with van der Waals surface area (Å²) in [4.78, 5) is 10.6. The van der Waals surface area contributed by atoms with Crippen LogP contribution in [-0.2, 0) is 4.79 Å². The lowest BCUT2D eigenvalue weighted by molar-refractivity contribution is -0.115. The Morgan fingerprint density at radius 3 is 2.50 bits per heavy atom. The van der Waals surface area contributed by atoms with Crippen molar-refractivity contribution in [1.82, 2.24) is 0 Å². The predicted molar refractivity (Wildman–Crippen MR) is 56.9 cm³/mol. The van der Waals surface area contributed by atoms with Gasteiger partial charge in [0.05, 0.1) is 0 Å². The first-order chi connectivity index (χ1) is 6.70. The van der Waals surface area contributed by atoms with Gasteiger partial charge in [-0.15, -0.1) is 0 Å². The van der Waals surface area contributed by atoms with E-state index < -0.39 is 0 Å². The second-order valence-electron chi connectivity index (χ2n) is 2.88. The molecule has 0 saturated carbocycles. The lowest BCUT2D eigenvalue weighted by Gasteiger charge is -1.90. The molecule has 0 aliphatic rings. The van der Waals surface area contributed by atoms with Gasteiger partial charge in [0.2, 0.25) is 0 Å². The van der Waals surface area contributed by atoms with Crippen LogP contribution < -0.4 is 0 Å². The number of hydrogen-bond acceptors (Lipinski definition) is 2. The fourth-order valence-electron chi connectivity index (χ4n) is 0.932. The molecule has 72 valence electrons. The highest BCUT2D eigenvalue weighted by Crippen LogP contribution is 2.01. The van der Waals surface area contributed by atoms with Crippen LogP contribution in [0.15, 0.2) is 48.2 Å². The van der Waals surface area contributed by atoms with Crippen molar-refractivity contribution < 1.29 is 9.90 Å². The number of Topliss-reactive ketones (excluding diaryl/α,β-unsaturated/α-hetero) is 1. The van der Waals surface area contributed by atoms with E-state index in [1.807, 2.05) is 36.4 Å². The van der Waals surface area contributed by atoms with E-state index in [0.717, 1.165) is 5.56 Å². The Bertz CT molecular complexity index is 361. The fourth-order valence-corrected chi connectivity index (χ4v) is 0.932. The van der Waals surface area contributed by atoms with Gasteiger partial charge in [-0.2, -0.15) is 0 Å². The molecular formula is C12H12O2. The van der Waals surface area contributed by atoms with E-state index in [-0.39, 0.29) is 11.5 Å². The van der Waals surface area contributed by atoms with Gasteiger partial charge >= 0.3 is 0 Å². The van der Waals surface area contributed by atoms with Crippen LogP contribution in [0.5, 0.6) is 0 Å². The molecule has 1 N–H and O–H groups in total. The van der Waals surface area contributed by atoms with E-state index >= 15 is 0 Å². The van der Waals surface area contributed by atoms with Crippen molar-refractivity contribution in [3.05, 3.63) is 53.8 Å². The monoisotopic (exact) mass is 188 g/mol. The van der Waals surface area contributed by atoms with Crippen molar-refractivity contribution in [2.45, 2.75) is 6.92 Å². The molecule has 0 aliphatic heterocycles. The first-order valence-corrected chi connectivity index (χ1v) is 4.33. The Balaban J connectivity index is 2.66. The molecule has 2 nitrogen and oxygen atoms in total. The van der Waals surface area contributed by atoms with Crippen molar-refractivity contribution in [2.24, 2.45) is 0 Å². The van der Waals surface area contributed by atoms with Gasteiger partial charge in [0.15, 0.2) is 11.5 Å². The highest BCUT2D eigenvalue weighted by Gasteiger charge is 1.95. The highest BCUT2D eigenvalue weighted by molar-refractivity contribution is 5.91. The summed E-state index contributed by atoms with van der Waals surface area (Å²) in [5, 5.41) is 9.06. The van der Waals surface area contributed by atoms with Crippen LogP contribution in [0.4, 0.5) is 0 Å². The molecule has 14 heavy (non-hydrogen) atoms. The Kier molecular flexibility index (Phi) is 3.68. The lowest BCUT2D eigenvalue weighted by Crippen LogP contribution is -1.92. The van der Waals surface area contributed by atoms with Crippen molar-refractivity contribution in [1.29, 1.82) is 0 Å². The summed E-state index contributed by atoms with van der Waals surface area (Å²) in [6.45, 7) is 1.32. The first kappa shape index (κ1) is 10.3. The molecule has 0 fully saturated rings. The van der Waals surface area contributed by atoms with Gasteiger partial charge in [0.25, 0.3) is 0 Å². The number of carbonyl (C=O) groups excluding carboxylic acids is 1. The van der Waals surface area contributed by atoms with Gasteiger partial charge < -0.3 is 5.11 Å². The Morgan fingerprint density at radius 2 is 1.93 bits per heavy atom. The van der Waals surface area contributed by atoms with Crippen LogP contribution >= 0.6 is 0 Å². The average Bonchev–Trinajstić information content (AvgIpc) is 2.19. The normalized spacial score (nSPS) is 11.9. The van der Waals surface area contributed by atoms with Gasteiger partial charge in [0, 0.05) is 6.92 Å². The van der Waals surface area contributed by atoms with Crippen LogP contribution in [0, 0.1) is 0 Å². The first-order valence-electron chi connectivity index (χ1n) is 4.33. The van der Waals surface area contributed by atoms with Crippen molar-refractivity contribution in [3.8, 4) is 0 Å². The molecule has 0 unspecified atom stereocenters. The molecule has 0 radical (unpaired) electrons. The minimum absolute atomic E-state index is 0.225. The van der Waals surface area contributed by atoms with E-state index in [2.05, 4.69) is 0 Å². The second-order valence-corrected chi connectivity index (χ2v) is 2.88. The number of aliphatic hydroxyl groups is 1. The third-order valence-corrected chi connectivity index (χ3v) is 1.70. The maximum atomic E-state index is 10.6. The molecule has 0 aliphatic carbocycles. The largest absolute Gasteiger partial charge is 0.504 e. The predicted octanol–water partition coefficient (Wildman–Crippen LogP) is 2.73. The SMILES string of the molecule is CC(=O)C(O)=CC=Cc1ccccc1. The zero-order valence-corrected chi connectivity index (χ0v) is 7.97. The molecule has 2 heteroatoms. The standard InChI is InChI=1S/C12H12O2/c1-10(13)12(14)9-5-8-11-6-3-2-4-7-11/h2-9,14H,1H3. The molecule has 1 aromatic rings. The average molecular weight is 188 g/mol. The number of benzene rings is 1. The summed E-state index contributed by atoms with van der Waals surface area (Å²) in [6.07, 6.45) is 4.85. The molecule has 1 rings (SSSR count). The Labute approximate surface area is 83.2 Å². The summed E-state index contributed by atoms with van der Waals surface area (Å²) in [5.41, 5.74) is 1.03. The zero-order valence-electron chi connectivity index (χ0n) is 7.97. The van der Waals surface area contributed by atoms with Crippen molar-refractivity contribution >= 4 is 11.9 Å². The smallest absolute Gasteiger partial charge is 0.194 e. The van der Waals surface area contributed by atoms with E-state index in [1.165, 1.54) is 13.0 Å². The van der Waals surface area contributed by atoms with E-state index in [1.54, 1.807) is 6.08 Å². The van der Waals surface area contributed by atoms with Crippen LogP contribution in [0.2, 0.25) is 0 Å². The van der Waals surface area contributed by atoms with Gasteiger partial charge in [0.1, 0.15) is 0 Å². The van der Waals surface area contributed by atoms with E-state index in [4.69, 9.17) is 5.11 Å². The highest BCUT2D eigenvalue weighted by atomic mass is 16.3. The minimum Gasteiger partial charge on any atom is -0.504 e. The summed E-state index contributed by atoms with van der Waals surface area (Å²) in [7, 11) is 0. The lowest BCUT2D eigenvalue weighted by atomic mass is 10.2.